The van der Waals surface area contributed by atoms with Crippen LogP contribution in [0, 0.1) is 22.7 Å². The summed E-state index contributed by atoms with van der Waals surface area (Å²) < 4.78 is 81.8. The lowest BCUT2D eigenvalue weighted by atomic mass is 10.1. The van der Waals surface area contributed by atoms with E-state index in [1.807, 2.05) is 0 Å². The summed E-state index contributed by atoms with van der Waals surface area (Å²) in [6, 6.07) is 5.58. The van der Waals surface area contributed by atoms with Crippen LogP contribution in [0.4, 0.5) is 26.3 Å². The fraction of sp³-hybridized carbons (Fsp3) is 0.136. The molecule has 2 rings (SSSR count). The second kappa shape index (κ2) is 10.1. The van der Waals surface area contributed by atoms with Gasteiger partial charge in [-0.1, -0.05) is 12.0 Å². The van der Waals surface area contributed by atoms with Crippen molar-refractivity contribution in [2.45, 2.75) is 19.3 Å². The highest BCUT2D eigenvalue weighted by molar-refractivity contribution is 6.09. The number of nitrogens with one attached hydrogen (secondary N) is 2. The number of pyridine rings is 1. The van der Waals surface area contributed by atoms with Gasteiger partial charge in [-0.25, -0.2) is 4.98 Å². The fourth-order valence-electron chi connectivity index (χ4n) is 2.36. The molecule has 0 amide bonds. The number of hydrogen-bond acceptors (Lipinski definition) is 6. The van der Waals surface area contributed by atoms with Gasteiger partial charge in [0.2, 0.25) is 0 Å². The topological polar surface area (TPSA) is 126 Å². The molecule has 0 fully saturated rings. The number of hydrogen-bond donors (Lipinski definition) is 4. The van der Waals surface area contributed by atoms with E-state index in [1.54, 1.807) is 19.1 Å². The number of nitrogens with zero attached hydrogens (tertiary/aromatic N) is 1. The predicted octanol–water partition coefficient (Wildman–Crippen LogP) is 4.76. The molecular formula is C22H17F6N5O. The van der Waals surface area contributed by atoms with Crippen LogP contribution >= 0.6 is 0 Å². The smallest absolute Gasteiger partial charge is 0.430 e. The van der Waals surface area contributed by atoms with Crippen molar-refractivity contribution in [3.8, 4) is 11.8 Å². The van der Waals surface area contributed by atoms with Crippen molar-refractivity contribution in [3.05, 3.63) is 76.3 Å². The van der Waals surface area contributed by atoms with Crippen LogP contribution in [0.15, 0.2) is 52.2 Å². The van der Waals surface area contributed by atoms with E-state index in [2.05, 4.69) is 16.8 Å². The van der Waals surface area contributed by atoms with Gasteiger partial charge in [-0.2, -0.15) is 26.3 Å². The molecule has 0 bridgehead atoms. The molecule has 0 radical (unpaired) electrons. The van der Waals surface area contributed by atoms with Crippen molar-refractivity contribution in [1.29, 1.82) is 10.8 Å². The van der Waals surface area contributed by atoms with Crippen LogP contribution in [0.1, 0.15) is 35.4 Å². The zero-order valence-electron chi connectivity index (χ0n) is 17.4. The summed E-state index contributed by atoms with van der Waals surface area (Å²) >= 11 is 0. The zero-order valence-corrected chi connectivity index (χ0v) is 17.4. The highest BCUT2D eigenvalue weighted by Crippen LogP contribution is 2.23. The lowest BCUT2D eigenvalue weighted by molar-refractivity contribution is -0.0933. The highest BCUT2D eigenvalue weighted by Gasteiger charge is 2.32. The van der Waals surface area contributed by atoms with Crippen LogP contribution in [0.25, 0.3) is 12.2 Å². The van der Waals surface area contributed by atoms with Crippen LogP contribution in [0.2, 0.25) is 0 Å². The summed E-state index contributed by atoms with van der Waals surface area (Å²) in [7, 11) is 0. The quantitative estimate of drug-likeness (QED) is 0.270. The number of aromatic nitrogens is 1. The molecule has 2 aromatic heterocycles. The van der Waals surface area contributed by atoms with Gasteiger partial charge in [-0.3, -0.25) is 10.8 Å². The largest absolute Gasteiger partial charge is 0.448 e. The number of rotatable bonds is 6. The molecule has 0 atom stereocenters. The molecule has 0 aliphatic carbocycles. The molecule has 0 saturated carbocycles. The number of nitrogens with two attached hydrogens (primary N) is 2. The Balaban J connectivity index is 2.53. The minimum atomic E-state index is -4.90. The molecule has 0 spiro atoms. The lowest BCUT2D eigenvalue weighted by Gasteiger charge is -2.10. The number of alkyl halides is 6. The maximum Gasteiger partial charge on any atom is 0.430 e. The van der Waals surface area contributed by atoms with Gasteiger partial charge in [-0.05, 0) is 60.9 Å². The molecule has 178 valence electrons. The zero-order chi connectivity index (χ0) is 25.7. The van der Waals surface area contributed by atoms with E-state index < -0.39 is 35.2 Å². The van der Waals surface area contributed by atoms with Gasteiger partial charge in [-0.15, -0.1) is 0 Å². The van der Waals surface area contributed by atoms with Crippen LogP contribution in [-0.2, 0) is 0 Å². The predicted molar refractivity (Wildman–Crippen MR) is 115 cm³/mol. The minimum Gasteiger partial charge on any atom is -0.448 e. The maximum atomic E-state index is 12.7. The van der Waals surface area contributed by atoms with Crippen LogP contribution < -0.4 is 11.5 Å². The average molecular weight is 481 g/mol. The summed E-state index contributed by atoms with van der Waals surface area (Å²) in [5.74, 6) is 6.08. The van der Waals surface area contributed by atoms with E-state index in [4.69, 9.17) is 26.7 Å². The lowest BCUT2D eigenvalue weighted by Crippen LogP contribution is -2.21. The van der Waals surface area contributed by atoms with Crippen molar-refractivity contribution < 1.29 is 30.8 Å². The monoisotopic (exact) mass is 481 g/mol. The first-order chi connectivity index (χ1) is 15.7. The summed E-state index contributed by atoms with van der Waals surface area (Å²) in [6.45, 7) is 1.61. The first-order valence-corrected chi connectivity index (χ1v) is 9.20. The van der Waals surface area contributed by atoms with Crippen LogP contribution in [0.3, 0.4) is 0 Å². The molecule has 12 heteroatoms. The molecule has 2 aromatic rings. The summed E-state index contributed by atoms with van der Waals surface area (Å²) in [4.78, 5) is 3.83. The standard InChI is InChI=1S/C22H17F6N5O/c1-2-3-13-6-7-14(34-13)5-4-12-8-17(15(29)10-19(31)21(23,24)25)33-18(9-12)16(30)11-20(32)22(26,27)28/h4-11,29-30H,31-32H2,1H3/b5-4+,19-10?,20-11?,29-15?,30-16?. The molecule has 34 heavy (non-hydrogen) atoms. The molecule has 6 N–H and O–H groups in total. The highest BCUT2D eigenvalue weighted by atomic mass is 19.4. The van der Waals surface area contributed by atoms with Gasteiger partial charge >= 0.3 is 12.4 Å². The molecule has 0 saturated heterocycles. The summed E-state index contributed by atoms with van der Waals surface area (Å²) in [5.41, 5.74) is 4.65. The van der Waals surface area contributed by atoms with Gasteiger partial charge in [0.1, 0.15) is 17.2 Å². The SMILES string of the molecule is CC#Cc1ccc(/C=C/c2cc(C(=N)C=C(N)C(F)(F)F)nc(C(=N)C=C(N)C(F)(F)F)c2)o1. The van der Waals surface area contributed by atoms with Crippen LogP contribution in [0.5, 0.6) is 0 Å². The van der Waals surface area contributed by atoms with E-state index >= 15 is 0 Å². The molecular weight excluding hydrogens is 464 g/mol. The molecule has 6 nitrogen and oxygen atoms in total. The minimum absolute atomic E-state index is 0.201. The Labute approximate surface area is 189 Å². The Morgan fingerprint density at radius 2 is 1.41 bits per heavy atom. The summed E-state index contributed by atoms with van der Waals surface area (Å²) in [5, 5.41) is 15.8. The number of allylic oxidation sites excluding steroid dienone is 4. The average Bonchev–Trinajstić information content (AvgIpc) is 3.18. The third-order valence-electron chi connectivity index (χ3n) is 3.97. The molecule has 0 unspecified atom stereocenters. The Morgan fingerprint density at radius 3 is 1.85 bits per heavy atom. The van der Waals surface area contributed by atoms with Crippen molar-refractivity contribution in [2.24, 2.45) is 11.5 Å². The first kappa shape index (κ1) is 26.0. The van der Waals surface area contributed by atoms with Crippen molar-refractivity contribution in [3.63, 3.8) is 0 Å². The van der Waals surface area contributed by atoms with E-state index in [0.717, 1.165) is 0 Å². The molecule has 2 heterocycles. The van der Waals surface area contributed by atoms with E-state index in [-0.39, 0.29) is 17.0 Å². The Morgan fingerprint density at radius 1 is 0.912 bits per heavy atom. The summed E-state index contributed by atoms with van der Waals surface area (Å²) in [6.07, 6.45) is -6.32. The van der Waals surface area contributed by atoms with Gasteiger partial charge in [0, 0.05) is 0 Å². The molecule has 0 aromatic carbocycles. The van der Waals surface area contributed by atoms with E-state index in [9.17, 15) is 26.3 Å². The van der Waals surface area contributed by atoms with Gasteiger partial charge in [0.25, 0.3) is 0 Å². The Hall–Kier alpha value is -4.27. The Bertz CT molecular complexity index is 1190. The molecule has 0 aliphatic rings. The van der Waals surface area contributed by atoms with Gasteiger partial charge < -0.3 is 15.9 Å². The second-order valence-corrected chi connectivity index (χ2v) is 6.60. The van der Waals surface area contributed by atoms with E-state index in [1.165, 1.54) is 24.3 Å². The third kappa shape index (κ3) is 7.13. The third-order valence-corrected chi connectivity index (χ3v) is 3.97. The van der Waals surface area contributed by atoms with E-state index in [0.29, 0.717) is 23.7 Å². The number of furan rings is 1. The first-order valence-electron chi connectivity index (χ1n) is 9.20. The Kier molecular flexibility index (Phi) is 7.73. The van der Waals surface area contributed by atoms with Crippen molar-refractivity contribution in [1.82, 2.24) is 4.98 Å². The normalized spacial score (nSPS) is 13.0. The van der Waals surface area contributed by atoms with Crippen molar-refractivity contribution in [2.75, 3.05) is 0 Å². The van der Waals surface area contributed by atoms with Crippen LogP contribution in [-0.4, -0.2) is 28.8 Å². The van der Waals surface area contributed by atoms with Gasteiger partial charge in [0.15, 0.2) is 5.76 Å². The maximum absolute atomic E-state index is 12.7. The van der Waals surface area contributed by atoms with Crippen molar-refractivity contribution >= 4 is 23.6 Å². The second-order valence-electron chi connectivity index (χ2n) is 6.60. The van der Waals surface area contributed by atoms with Gasteiger partial charge in [0.05, 0.1) is 22.8 Å². The molecule has 0 aliphatic heterocycles. The fourth-order valence-corrected chi connectivity index (χ4v) is 2.36. The number of halogens is 6.